The lowest BCUT2D eigenvalue weighted by Crippen LogP contribution is -2.32. The minimum Gasteiger partial charge on any atom is -0.449 e. The highest BCUT2D eigenvalue weighted by molar-refractivity contribution is 5.86. The first kappa shape index (κ1) is 21.5. The van der Waals surface area contributed by atoms with Gasteiger partial charge in [0, 0.05) is 31.6 Å². The van der Waals surface area contributed by atoms with Gasteiger partial charge in [0.1, 0.15) is 5.69 Å². The molecule has 0 saturated carbocycles. The van der Waals surface area contributed by atoms with Gasteiger partial charge in [0.15, 0.2) is 23.2 Å². The van der Waals surface area contributed by atoms with Crippen LogP contribution in [-0.2, 0) is 6.54 Å². The summed E-state index contributed by atoms with van der Waals surface area (Å²) in [4.78, 5) is 27.2. The van der Waals surface area contributed by atoms with Gasteiger partial charge in [-0.2, -0.15) is 0 Å². The number of hydrogen-bond donors (Lipinski definition) is 1. The predicted molar refractivity (Wildman–Crippen MR) is 108 cm³/mol. The van der Waals surface area contributed by atoms with Gasteiger partial charge in [-0.05, 0) is 32.9 Å². The lowest BCUT2D eigenvalue weighted by molar-refractivity contribution is 0.143. The second-order valence-corrected chi connectivity index (χ2v) is 8.28. The van der Waals surface area contributed by atoms with E-state index in [0.717, 1.165) is 43.2 Å². The smallest absolute Gasteiger partial charge is 0.449 e. The summed E-state index contributed by atoms with van der Waals surface area (Å²) in [6.45, 7) is 7.19. The van der Waals surface area contributed by atoms with Crippen molar-refractivity contribution in [2.45, 2.75) is 33.2 Å². The van der Waals surface area contributed by atoms with E-state index in [4.69, 9.17) is 5.11 Å². The molecule has 3 heterocycles. The summed E-state index contributed by atoms with van der Waals surface area (Å²) in [6, 6.07) is 0. The molecule has 168 valence electrons. The zero-order valence-corrected chi connectivity index (χ0v) is 17.4. The van der Waals surface area contributed by atoms with Crippen molar-refractivity contribution in [3.8, 4) is 5.75 Å². The van der Waals surface area contributed by atoms with Crippen molar-refractivity contribution >= 4 is 22.7 Å². The number of ether oxygens (including phenoxy) is 1. The average molecular weight is 439 g/mol. The molecule has 2 aliphatic rings. The molecule has 2 fully saturated rings. The van der Waals surface area contributed by atoms with Crippen LogP contribution in [0.3, 0.4) is 0 Å². The van der Waals surface area contributed by atoms with Gasteiger partial charge in [0.25, 0.3) is 0 Å². The Balaban J connectivity index is 1.85. The maximum atomic E-state index is 15.6. The van der Waals surface area contributed by atoms with E-state index in [1.54, 1.807) is 6.92 Å². The Morgan fingerprint density at radius 1 is 1.10 bits per heavy atom. The normalized spacial score (nSPS) is 21.5. The molecule has 10 heteroatoms. The van der Waals surface area contributed by atoms with Gasteiger partial charge < -0.3 is 24.2 Å². The molecule has 1 aromatic heterocycles. The second kappa shape index (κ2) is 7.74. The van der Waals surface area contributed by atoms with E-state index in [9.17, 15) is 9.59 Å². The Labute approximate surface area is 176 Å². The van der Waals surface area contributed by atoms with Crippen LogP contribution in [-0.4, -0.2) is 53.5 Å². The summed E-state index contributed by atoms with van der Waals surface area (Å²) in [6.07, 6.45) is 0.877. The van der Waals surface area contributed by atoms with Crippen molar-refractivity contribution in [2.75, 3.05) is 37.6 Å². The Morgan fingerprint density at radius 2 is 1.81 bits per heavy atom. The van der Waals surface area contributed by atoms with Gasteiger partial charge in [0.05, 0.1) is 17.1 Å². The monoisotopic (exact) mass is 439 g/mol. The number of anilines is 1. The molecule has 7 nitrogen and oxygen atoms in total. The fourth-order valence-electron chi connectivity index (χ4n) is 4.95. The molecular formula is C21H24F3N3O4. The van der Waals surface area contributed by atoms with Crippen molar-refractivity contribution in [3.05, 3.63) is 33.9 Å². The third kappa shape index (κ3) is 3.42. The van der Waals surface area contributed by atoms with Crippen LogP contribution < -0.4 is 15.1 Å². The van der Waals surface area contributed by atoms with Gasteiger partial charge in [-0.3, -0.25) is 4.79 Å². The molecule has 4 rings (SSSR count). The number of nitrogens with zero attached hydrogens (tertiary/aromatic N) is 3. The number of halogens is 3. The third-order valence-corrected chi connectivity index (χ3v) is 6.54. The summed E-state index contributed by atoms with van der Waals surface area (Å²) >= 11 is 0. The SMILES string of the molecule is CCN1CCC2(CCN(c3c(F)c(F)c4c(=O)c(OC(=O)O)cn(CC)c4c3F)C2)C1. The first-order chi connectivity index (χ1) is 14.7. The molecule has 0 aliphatic carbocycles. The van der Waals surface area contributed by atoms with Crippen LogP contribution in [0.5, 0.6) is 5.75 Å². The molecule has 0 bridgehead atoms. The maximum absolute atomic E-state index is 15.6. The van der Waals surface area contributed by atoms with Crippen LogP contribution in [0.1, 0.15) is 26.7 Å². The molecule has 1 spiro atoms. The molecule has 0 radical (unpaired) electrons. The largest absolute Gasteiger partial charge is 0.511 e. The highest BCUT2D eigenvalue weighted by atomic mass is 19.2. The quantitative estimate of drug-likeness (QED) is 0.581. The van der Waals surface area contributed by atoms with Crippen molar-refractivity contribution in [2.24, 2.45) is 5.41 Å². The van der Waals surface area contributed by atoms with Crippen LogP contribution in [0, 0.1) is 22.9 Å². The molecule has 1 N–H and O–H groups in total. The Morgan fingerprint density at radius 3 is 2.42 bits per heavy atom. The Hall–Kier alpha value is -2.75. The molecular weight excluding hydrogens is 415 g/mol. The van der Waals surface area contributed by atoms with Crippen LogP contribution in [0.2, 0.25) is 0 Å². The zero-order valence-electron chi connectivity index (χ0n) is 17.4. The van der Waals surface area contributed by atoms with Gasteiger partial charge in [-0.1, -0.05) is 6.92 Å². The minimum atomic E-state index is -1.78. The Kier molecular flexibility index (Phi) is 5.36. The third-order valence-electron chi connectivity index (χ3n) is 6.54. The highest BCUT2D eigenvalue weighted by Crippen LogP contribution is 2.43. The molecule has 1 unspecified atom stereocenters. The van der Waals surface area contributed by atoms with Gasteiger partial charge in [-0.15, -0.1) is 0 Å². The van der Waals surface area contributed by atoms with Crippen molar-refractivity contribution in [1.82, 2.24) is 9.47 Å². The maximum Gasteiger partial charge on any atom is 0.511 e. The van der Waals surface area contributed by atoms with E-state index in [1.807, 2.05) is 0 Å². The van der Waals surface area contributed by atoms with Crippen molar-refractivity contribution < 1.29 is 27.8 Å². The van der Waals surface area contributed by atoms with Crippen molar-refractivity contribution in [1.29, 1.82) is 0 Å². The second-order valence-electron chi connectivity index (χ2n) is 8.28. The zero-order chi connectivity index (χ0) is 22.5. The number of rotatable bonds is 4. The fraction of sp³-hybridized carbons (Fsp3) is 0.524. The first-order valence-electron chi connectivity index (χ1n) is 10.3. The van der Waals surface area contributed by atoms with E-state index in [2.05, 4.69) is 16.6 Å². The van der Waals surface area contributed by atoms with E-state index in [-0.39, 0.29) is 12.0 Å². The number of benzene rings is 1. The molecule has 2 saturated heterocycles. The van der Waals surface area contributed by atoms with Crippen molar-refractivity contribution in [3.63, 3.8) is 0 Å². The number of likely N-dealkylation sites (tertiary alicyclic amines) is 1. The summed E-state index contributed by atoms with van der Waals surface area (Å²) in [5, 5.41) is 7.95. The summed E-state index contributed by atoms with van der Waals surface area (Å²) in [5.41, 5.74) is -2.19. The van der Waals surface area contributed by atoms with Crippen LogP contribution >= 0.6 is 0 Å². The number of fused-ring (bicyclic) bond motifs is 1. The van der Waals surface area contributed by atoms with Gasteiger partial charge >= 0.3 is 6.16 Å². The molecule has 1 aromatic carbocycles. The highest BCUT2D eigenvalue weighted by Gasteiger charge is 2.44. The number of carboxylic acid groups (broad SMARTS) is 1. The standard InChI is InChI=1S/C21H24F3N3O4/c1-3-25-7-5-21(10-25)6-8-27(11-21)18-15(23)14(22)13-17(16(18)24)26(4-2)9-12(19(13)28)31-20(29)30/h9H,3-8,10-11H2,1-2H3,(H,29,30). The minimum absolute atomic E-state index is 0.0869. The molecule has 2 aliphatic heterocycles. The van der Waals surface area contributed by atoms with E-state index < -0.39 is 51.4 Å². The van der Waals surface area contributed by atoms with Crippen LogP contribution in [0.4, 0.5) is 23.7 Å². The summed E-state index contributed by atoms with van der Waals surface area (Å²) in [7, 11) is 0. The summed E-state index contributed by atoms with van der Waals surface area (Å²) in [5.74, 6) is -4.69. The van der Waals surface area contributed by atoms with E-state index in [0.29, 0.717) is 13.1 Å². The summed E-state index contributed by atoms with van der Waals surface area (Å²) < 4.78 is 51.4. The Bertz CT molecular complexity index is 1120. The topological polar surface area (TPSA) is 75.0 Å². The predicted octanol–water partition coefficient (Wildman–Crippen LogP) is 3.42. The fourth-order valence-corrected chi connectivity index (χ4v) is 4.95. The van der Waals surface area contributed by atoms with Gasteiger partial charge in [0.2, 0.25) is 5.43 Å². The lowest BCUT2D eigenvalue weighted by Gasteiger charge is -2.26. The van der Waals surface area contributed by atoms with E-state index in [1.165, 1.54) is 4.90 Å². The molecule has 31 heavy (non-hydrogen) atoms. The van der Waals surface area contributed by atoms with E-state index >= 15 is 13.2 Å². The van der Waals surface area contributed by atoms with Crippen LogP contribution in [0.15, 0.2) is 11.0 Å². The number of aromatic nitrogens is 1. The first-order valence-corrected chi connectivity index (χ1v) is 10.3. The molecule has 2 aromatic rings. The average Bonchev–Trinajstić information content (AvgIpc) is 3.33. The van der Waals surface area contributed by atoms with Gasteiger partial charge in [-0.25, -0.2) is 18.0 Å². The molecule has 0 amide bonds. The number of pyridine rings is 1. The number of hydrogen-bond acceptors (Lipinski definition) is 5. The molecule has 1 atom stereocenters. The van der Waals surface area contributed by atoms with Crippen LogP contribution in [0.25, 0.3) is 10.9 Å². The number of aryl methyl sites for hydroxylation is 1. The lowest BCUT2D eigenvalue weighted by atomic mass is 9.86. The number of carbonyl (C=O) groups is 1.